The van der Waals surface area contributed by atoms with Crippen molar-refractivity contribution in [3.8, 4) is 6.07 Å². The summed E-state index contributed by atoms with van der Waals surface area (Å²) in [6.07, 6.45) is 3.11. The zero-order valence-electron chi connectivity index (χ0n) is 10.9. The molecule has 0 spiro atoms. The fourth-order valence-electron chi connectivity index (χ4n) is 2.03. The molecule has 1 aromatic rings. The monoisotopic (exact) mass is 231 g/mol. The Labute approximate surface area is 104 Å². The number of hydrogen-bond donors (Lipinski definition) is 2. The number of hydrogen-bond acceptors (Lipinski definition) is 3. The lowest BCUT2D eigenvalue weighted by molar-refractivity contribution is 0.420. The first-order valence-corrected chi connectivity index (χ1v) is 6.18. The molecule has 0 aliphatic heterocycles. The maximum atomic E-state index is 8.90. The van der Waals surface area contributed by atoms with Crippen LogP contribution in [0.4, 0.5) is 11.4 Å². The number of nitrogens with two attached hydrogens (primary N) is 1. The van der Waals surface area contributed by atoms with Crippen LogP contribution in [-0.4, -0.2) is 5.54 Å². The van der Waals surface area contributed by atoms with E-state index in [1.165, 1.54) is 0 Å². The molecule has 3 nitrogen and oxygen atoms in total. The van der Waals surface area contributed by atoms with E-state index in [0.29, 0.717) is 11.3 Å². The van der Waals surface area contributed by atoms with E-state index in [-0.39, 0.29) is 5.54 Å². The molecule has 0 heterocycles. The summed E-state index contributed by atoms with van der Waals surface area (Å²) in [5, 5.41) is 12.4. The van der Waals surface area contributed by atoms with Crippen LogP contribution in [0.5, 0.6) is 0 Å². The fourth-order valence-corrected chi connectivity index (χ4v) is 2.03. The van der Waals surface area contributed by atoms with Crippen molar-refractivity contribution in [3.63, 3.8) is 0 Å². The second kappa shape index (κ2) is 5.58. The second-order valence-corrected chi connectivity index (χ2v) is 4.38. The molecule has 0 unspecified atom stereocenters. The van der Waals surface area contributed by atoms with E-state index in [2.05, 4.69) is 32.2 Å². The van der Waals surface area contributed by atoms with Crippen molar-refractivity contribution in [2.45, 2.75) is 45.6 Å². The van der Waals surface area contributed by atoms with Crippen molar-refractivity contribution in [2.75, 3.05) is 11.1 Å². The molecular formula is C14H21N3. The summed E-state index contributed by atoms with van der Waals surface area (Å²) in [5.74, 6) is 0. The van der Waals surface area contributed by atoms with Crippen LogP contribution < -0.4 is 11.1 Å². The van der Waals surface area contributed by atoms with Gasteiger partial charge >= 0.3 is 0 Å². The number of nitrogens with one attached hydrogen (secondary N) is 1. The molecule has 0 amide bonds. The number of benzene rings is 1. The van der Waals surface area contributed by atoms with Crippen LogP contribution in [0.2, 0.25) is 0 Å². The van der Waals surface area contributed by atoms with Crippen LogP contribution in [0.15, 0.2) is 18.2 Å². The molecule has 0 radical (unpaired) electrons. The average molecular weight is 231 g/mol. The van der Waals surface area contributed by atoms with Gasteiger partial charge in [0.2, 0.25) is 0 Å². The Morgan fingerprint density at radius 1 is 1.24 bits per heavy atom. The molecular weight excluding hydrogens is 210 g/mol. The molecule has 3 N–H and O–H groups in total. The summed E-state index contributed by atoms with van der Waals surface area (Å²) in [5.41, 5.74) is 8.22. The van der Waals surface area contributed by atoms with E-state index in [1.54, 1.807) is 12.1 Å². The van der Waals surface area contributed by atoms with Crippen LogP contribution in [0.25, 0.3) is 0 Å². The summed E-state index contributed by atoms with van der Waals surface area (Å²) in [6.45, 7) is 6.51. The summed E-state index contributed by atoms with van der Waals surface area (Å²) in [6, 6.07) is 7.49. The molecule has 1 rings (SSSR count). The van der Waals surface area contributed by atoms with Crippen molar-refractivity contribution in [2.24, 2.45) is 0 Å². The molecule has 92 valence electrons. The number of rotatable bonds is 5. The molecule has 0 fully saturated rings. The molecule has 1 aromatic carbocycles. The van der Waals surface area contributed by atoms with Crippen molar-refractivity contribution in [1.82, 2.24) is 0 Å². The minimum atomic E-state index is 0.0716. The molecule has 0 bridgehead atoms. The first kappa shape index (κ1) is 13.4. The number of nitrogens with zero attached hydrogens (tertiary/aromatic N) is 1. The highest BCUT2D eigenvalue weighted by Crippen LogP contribution is 2.29. The summed E-state index contributed by atoms with van der Waals surface area (Å²) >= 11 is 0. The Morgan fingerprint density at radius 3 is 2.29 bits per heavy atom. The number of nitrogen functional groups attached to an aromatic ring is 1. The SMILES string of the molecule is CCC(CC)(CC)Nc1cc(C#N)ccc1N. The average Bonchev–Trinajstić information content (AvgIpc) is 2.38. The van der Waals surface area contributed by atoms with E-state index in [4.69, 9.17) is 11.0 Å². The highest BCUT2D eigenvalue weighted by Gasteiger charge is 2.24. The van der Waals surface area contributed by atoms with Gasteiger partial charge in [-0.05, 0) is 37.5 Å². The van der Waals surface area contributed by atoms with Crippen LogP contribution >= 0.6 is 0 Å². The first-order valence-electron chi connectivity index (χ1n) is 6.18. The molecule has 3 heteroatoms. The molecule has 0 saturated carbocycles. The number of nitriles is 1. The van der Waals surface area contributed by atoms with Gasteiger partial charge < -0.3 is 11.1 Å². The first-order chi connectivity index (χ1) is 8.10. The zero-order chi connectivity index (χ0) is 12.9. The number of anilines is 2. The van der Waals surface area contributed by atoms with E-state index in [9.17, 15) is 0 Å². The highest BCUT2D eigenvalue weighted by molar-refractivity contribution is 5.69. The van der Waals surface area contributed by atoms with Gasteiger partial charge in [-0.25, -0.2) is 0 Å². The Morgan fingerprint density at radius 2 is 1.82 bits per heavy atom. The summed E-state index contributed by atoms with van der Waals surface area (Å²) in [7, 11) is 0. The fraction of sp³-hybridized carbons (Fsp3) is 0.500. The molecule has 17 heavy (non-hydrogen) atoms. The molecule has 0 aromatic heterocycles. The van der Waals surface area contributed by atoms with Gasteiger partial charge in [-0.15, -0.1) is 0 Å². The van der Waals surface area contributed by atoms with Gasteiger partial charge in [0.05, 0.1) is 23.0 Å². The normalized spacial score (nSPS) is 10.9. The standard InChI is InChI=1S/C14H21N3/c1-4-14(5-2,6-3)17-13-9-11(10-15)7-8-12(13)16/h7-9,17H,4-6,16H2,1-3H3. The van der Waals surface area contributed by atoms with Gasteiger partial charge in [0.1, 0.15) is 0 Å². The Hall–Kier alpha value is -1.69. The highest BCUT2D eigenvalue weighted by atomic mass is 15.0. The van der Waals surface area contributed by atoms with Crippen molar-refractivity contribution in [1.29, 1.82) is 5.26 Å². The molecule has 0 atom stereocenters. The maximum Gasteiger partial charge on any atom is 0.0992 e. The van der Waals surface area contributed by atoms with Crippen LogP contribution in [0.1, 0.15) is 45.6 Å². The van der Waals surface area contributed by atoms with Crippen molar-refractivity contribution < 1.29 is 0 Å². The zero-order valence-corrected chi connectivity index (χ0v) is 10.9. The smallest absolute Gasteiger partial charge is 0.0992 e. The maximum absolute atomic E-state index is 8.90. The Bertz CT molecular complexity index is 406. The second-order valence-electron chi connectivity index (χ2n) is 4.38. The van der Waals surface area contributed by atoms with Gasteiger partial charge in [0.15, 0.2) is 0 Å². The van der Waals surface area contributed by atoms with E-state index in [1.807, 2.05) is 6.07 Å². The lowest BCUT2D eigenvalue weighted by atomic mass is 9.89. The van der Waals surface area contributed by atoms with Crippen molar-refractivity contribution >= 4 is 11.4 Å². The topological polar surface area (TPSA) is 61.8 Å². The Balaban J connectivity index is 3.05. The van der Waals surface area contributed by atoms with Crippen LogP contribution in [-0.2, 0) is 0 Å². The minimum absolute atomic E-state index is 0.0716. The lowest BCUT2D eigenvalue weighted by Crippen LogP contribution is -2.36. The van der Waals surface area contributed by atoms with E-state index < -0.39 is 0 Å². The Kier molecular flexibility index (Phi) is 4.39. The third kappa shape index (κ3) is 2.91. The largest absolute Gasteiger partial charge is 0.397 e. The summed E-state index contributed by atoms with van der Waals surface area (Å²) < 4.78 is 0. The van der Waals surface area contributed by atoms with Crippen LogP contribution in [0, 0.1) is 11.3 Å². The lowest BCUT2D eigenvalue weighted by Gasteiger charge is -2.33. The van der Waals surface area contributed by atoms with Crippen molar-refractivity contribution in [3.05, 3.63) is 23.8 Å². The molecule has 0 saturated heterocycles. The predicted octanol–water partition coefficient (Wildman–Crippen LogP) is 3.52. The van der Waals surface area contributed by atoms with Gasteiger partial charge in [-0.1, -0.05) is 20.8 Å². The van der Waals surface area contributed by atoms with E-state index in [0.717, 1.165) is 24.9 Å². The third-order valence-corrected chi connectivity index (χ3v) is 3.61. The minimum Gasteiger partial charge on any atom is -0.397 e. The quantitative estimate of drug-likeness (QED) is 0.762. The van der Waals surface area contributed by atoms with Gasteiger partial charge in [-0.2, -0.15) is 5.26 Å². The van der Waals surface area contributed by atoms with Gasteiger partial charge in [-0.3, -0.25) is 0 Å². The third-order valence-electron chi connectivity index (χ3n) is 3.61. The van der Waals surface area contributed by atoms with Gasteiger partial charge in [0, 0.05) is 5.54 Å². The molecule has 0 aliphatic rings. The molecule has 0 aliphatic carbocycles. The predicted molar refractivity (Wildman–Crippen MR) is 72.8 cm³/mol. The van der Waals surface area contributed by atoms with Gasteiger partial charge in [0.25, 0.3) is 0 Å². The summed E-state index contributed by atoms with van der Waals surface area (Å²) in [4.78, 5) is 0. The van der Waals surface area contributed by atoms with E-state index >= 15 is 0 Å². The van der Waals surface area contributed by atoms with Crippen LogP contribution in [0.3, 0.4) is 0 Å².